The second kappa shape index (κ2) is 11.5. The molecule has 2 rings (SSSR count). The Bertz CT molecular complexity index is 782. The second-order valence-electron chi connectivity index (χ2n) is 8.01. The summed E-state index contributed by atoms with van der Waals surface area (Å²) in [6.07, 6.45) is 7.32. The van der Waals surface area contributed by atoms with Crippen molar-refractivity contribution in [3.8, 4) is 0 Å². The fourth-order valence-electron chi connectivity index (χ4n) is 3.87. The molecule has 1 aromatic carbocycles. The molecular formula is C23H32N2O5. The monoisotopic (exact) mass is 416 g/mol. The van der Waals surface area contributed by atoms with E-state index in [0.717, 1.165) is 25.7 Å². The van der Waals surface area contributed by atoms with Crippen LogP contribution in [0.3, 0.4) is 0 Å². The molecule has 1 fully saturated rings. The number of amides is 2. The fraction of sp³-hybridized carbons (Fsp3) is 0.565. The number of ether oxygens (including phenoxy) is 1. The summed E-state index contributed by atoms with van der Waals surface area (Å²) in [6, 6.07) is 4.58. The quantitative estimate of drug-likeness (QED) is 0.461. The third-order valence-corrected chi connectivity index (χ3v) is 5.44. The van der Waals surface area contributed by atoms with Gasteiger partial charge in [0, 0.05) is 25.1 Å². The largest absolute Gasteiger partial charge is 0.457 e. The number of rotatable bonds is 9. The third-order valence-electron chi connectivity index (χ3n) is 5.44. The van der Waals surface area contributed by atoms with E-state index in [1.54, 1.807) is 6.07 Å². The molecule has 0 unspecified atom stereocenters. The van der Waals surface area contributed by atoms with Gasteiger partial charge in [0.2, 0.25) is 17.6 Å². The van der Waals surface area contributed by atoms with E-state index >= 15 is 0 Å². The average molecular weight is 417 g/mol. The zero-order valence-corrected chi connectivity index (χ0v) is 18.1. The van der Waals surface area contributed by atoms with E-state index in [9.17, 15) is 19.2 Å². The fourth-order valence-corrected chi connectivity index (χ4v) is 3.87. The number of carbonyl (C=O) groups is 4. The molecule has 2 N–H and O–H groups in total. The summed E-state index contributed by atoms with van der Waals surface area (Å²) in [4.78, 5) is 47.8. The van der Waals surface area contributed by atoms with Crippen molar-refractivity contribution in [2.75, 3.05) is 17.2 Å². The highest BCUT2D eigenvalue weighted by molar-refractivity contribution is 6.06. The summed E-state index contributed by atoms with van der Waals surface area (Å²) in [5, 5.41) is 5.20. The van der Waals surface area contributed by atoms with Crippen molar-refractivity contribution in [3.05, 3.63) is 23.8 Å². The Balaban J connectivity index is 1.94. The number of benzene rings is 1. The first-order chi connectivity index (χ1) is 14.3. The molecule has 1 saturated carbocycles. The van der Waals surface area contributed by atoms with E-state index in [0.29, 0.717) is 11.6 Å². The molecule has 2 amide bonds. The summed E-state index contributed by atoms with van der Waals surface area (Å²) in [5.74, 6) is -0.793. The molecule has 0 aromatic heterocycles. The van der Waals surface area contributed by atoms with E-state index < -0.39 is 5.78 Å². The number of hydrogen-bond acceptors (Lipinski definition) is 5. The van der Waals surface area contributed by atoms with E-state index in [4.69, 9.17) is 4.74 Å². The topological polar surface area (TPSA) is 102 Å². The number of carbonyl (C=O) groups excluding carboxylic acids is 4. The predicted molar refractivity (Wildman–Crippen MR) is 115 cm³/mol. The van der Waals surface area contributed by atoms with Crippen LogP contribution in [-0.4, -0.2) is 30.2 Å². The first-order valence-corrected chi connectivity index (χ1v) is 10.7. The number of anilines is 2. The van der Waals surface area contributed by atoms with Crippen molar-refractivity contribution >= 4 is 34.9 Å². The molecule has 7 nitrogen and oxygen atoms in total. The smallest absolute Gasteiger partial charge is 0.309 e. The first-order valence-electron chi connectivity index (χ1n) is 10.7. The molecule has 0 bridgehead atoms. The van der Waals surface area contributed by atoms with Gasteiger partial charge < -0.3 is 15.4 Å². The van der Waals surface area contributed by atoms with Crippen LogP contribution in [0, 0.1) is 11.8 Å². The van der Waals surface area contributed by atoms with Crippen LogP contribution in [0.1, 0.15) is 76.1 Å². The summed E-state index contributed by atoms with van der Waals surface area (Å²) < 4.78 is 5.30. The Labute approximate surface area is 177 Å². The normalized spacial score (nSPS) is 18.4. The highest BCUT2D eigenvalue weighted by Crippen LogP contribution is 2.32. The van der Waals surface area contributed by atoms with Crippen molar-refractivity contribution in [1.29, 1.82) is 0 Å². The van der Waals surface area contributed by atoms with Crippen molar-refractivity contribution in [2.24, 2.45) is 11.8 Å². The maximum atomic E-state index is 12.6. The van der Waals surface area contributed by atoms with Crippen LogP contribution < -0.4 is 10.6 Å². The third kappa shape index (κ3) is 7.28. The van der Waals surface area contributed by atoms with E-state index in [-0.39, 0.29) is 41.6 Å². The van der Waals surface area contributed by atoms with Crippen molar-refractivity contribution in [3.63, 3.8) is 0 Å². The van der Waals surface area contributed by atoms with Crippen LogP contribution in [0.2, 0.25) is 0 Å². The molecule has 0 radical (unpaired) electrons. The van der Waals surface area contributed by atoms with Crippen LogP contribution in [0.15, 0.2) is 18.2 Å². The van der Waals surface area contributed by atoms with Crippen LogP contribution in [0.5, 0.6) is 0 Å². The highest BCUT2D eigenvalue weighted by Gasteiger charge is 2.27. The molecule has 1 aromatic rings. The molecule has 0 heterocycles. The van der Waals surface area contributed by atoms with Crippen LogP contribution in [0.25, 0.3) is 0 Å². The second-order valence-corrected chi connectivity index (χ2v) is 8.01. The maximum absolute atomic E-state index is 12.6. The van der Waals surface area contributed by atoms with E-state index in [1.165, 1.54) is 45.2 Å². The van der Waals surface area contributed by atoms with Gasteiger partial charge in [-0.1, -0.05) is 26.2 Å². The maximum Gasteiger partial charge on any atom is 0.309 e. The van der Waals surface area contributed by atoms with Gasteiger partial charge in [0.05, 0.1) is 11.6 Å². The minimum absolute atomic E-state index is 0.146. The van der Waals surface area contributed by atoms with Gasteiger partial charge in [-0.2, -0.15) is 0 Å². The van der Waals surface area contributed by atoms with Crippen LogP contribution in [-0.2, 0) is 19.1 Å². The Kier molecular flexibility index (Phi) is 9.02. The standard InChI is InChI=1S/C23H32N2O5/c1-4-5-6-17-7-9-18(10-8-17)23(29)30-14-22(28)20-12-11-19(24-15(2)26)13-21(20)25-16(3)27/h11-13,17-18H,4-10,14H2,1-3H3,(H,24,26)(H,25,27). The molecule has 0 aliphatic heterocycles. The zero-order chi connectivity index (χ0) is 22.1. The number of nitrogens with one attached hydrogen (secondary N) is 2. The lowest BCUT2D eigenvalue weighted by Gasteiger charge is -2.27. The van der Waals surface area contributed by atoms with Crippen molar-refractivity contribution in [2.45, 2.75) is 65.7 Å². The number of Topliss-reactive ketones (excluding diaryl/α,β-unsaturated/α-hetero) is 1. The molecule has 0 spiro atoms. The van der Waals surface area contributed by atoms with Gasteiger partial charge in [0.25, 0.3) is 0 Å². The minimum Gasteiger partial charge on any atom is -0.457 e. The van der Waals surface area contributed by atoms with Gasteiger partial charge >= 0.3 is 5.97 Å². The summed E-state index contributed by atoms with van der Waals surface area (Å²) in [6.45, 7) is 4.51. The number of ketones is 1. The Morgan fingerprint density at radius 2 is 1.67 bits per heavy atom. The summed E-state index contributed by atoms with van der Waals surface area (Å²) in [5.41, 5.74) is 0.959. The van der Waals surface area contributed by atoms with Gasteiger partial charge in [-0.05, 0) is 49.8 Å². The van der Waals surface area contributed by atoms with Gasteiger partial charge in [0.15, 0.2) is 6.61 Å². The van der Waals surface area contributed by atoms with E-state index in [2.05, 4.69) is 17.6 Å². The van der Waals surface area contributed by atoms with Gasteiger partial charge in [-0.15, -0.1) is 0 Å². The van der Waals surface area contributed by atoms with Gasteiger partial charge in [0.1, 0.15) is 0 Å². The summed E-state index contributed by atoms with van der Waals surface area (Å²) >= 11 is 0. The lowest BCUT2D eigenvalue weighted by molar-refractivity contribution is -0.148. The molecule has 7 heteroatoms. The predicted octanol–water partition coefficient (Wildman–Crippen LogP) is 4.33. The zero-order valence-electron chi connectivity index (χ0n) is 18.1. The summed E-state index contributed by atoms with van der Waals surface area (Å²) in [7, 11) is 0. The minimum atomic E-state index is -0.405. The number of unbranched alkanes of at least 4 members (excludes halogenated alkanes) is 1. The van der Waals surface area contributed by atoms with Crippen LogP contribution >= 0.6 is 0 Å². The molecule has 0 atom stereocenters. The Morgan fingerprint density at radius 3 is 2.27 bits per heavy atom. The lowest BCUT2D eigenvalue weighted by Crippen LogP contribution is -2.26. The molecule has 1 aliphatic rings. The van der Waals surface area contributed by atoms with Crippen LogP contribution in [0.4, 0.5) is 11.4 Å². The molecule has 30 heavy (non-hydrogen) atoms. The highest BCUT2D eigenvalue weighted by atomic mass is 16.5. The Hall–Kier alpha value is -2.70. The SMILES string of the molecule is CCCCC1CCC(C(=O)OCC(=O)c2ccc(NC(C)=O)cc2NC(C)=O)CC1. The lowest BCUT2D eigenvalue weighted by atomic mass is 9.80. The molecule has 1 aliphatic carbocycles. The van der Waals surface area contributed by atoms with Gasteiger partial charge in [-0.25, -0.2) is 0 Å². The van der Waals surface area contributed by atoms with Gasteiger partial charge in [-0.3, -0.25) is 19.2 Å². The first kappa shape index (κ1) is 23.6. The van der Waals surface area contributed by atoms with Crippen molar-refractivity contribution < 1.29 is 23.9 Å². The number of esters is 1. The van der Waals surface area contributed by atoms with E-state index in [1.807, 2.05) is 0 Å². The molecular weight excluding hydrogens is 384 g/mol. The average Bonchev–Trinajstić information content (AvgIpc) is 2.70. The Morgan fingerprint density at radius 1 is 1.00 bits per heavy atom. The molecule has 0 saturated heterocycles. The number of hydrogen-bond donors (Lipinski definition) is 2. The van der Waals surface area contributed by atoms with Crippen molar-refractivity contribution in [1.82, 2.24) is 0 Å². The molecule has 164 valence electrons.